The van der Waals surface area contributed by atoms with E-state index in [0.717, 1.165) is 23.6 Å². The zero-order chi connectivity index (χ0) is 12.3. The first-order valence-electron chi connectivity index (χ1n) is 7.44. The molecule has 4 fully saturated rings. The first kappa shape index (κ1) is 11.0. The number of aromatic nitrogens is 2. The molecule has 3 heteroatoms. The molecule has 0 amide bonds. The summed E-state index contributed by atoms with van der Waals surface area (Å²) in [6.07, 6.45) is 8.57. The molecule has 1 aromatic heterocycles. The Kier molecular flexibility index (Phi) is 2.20. The van der Waals surface area contributed by atoms with E-state index in [1.165, 1.54) is 49.9 Å². The van der Waals surface area contributed by atoms with Gasteiger partial charge in [0, 0.05) is 12.0 Å². The summed E-state index contributed by atoms with van der Waals surface area (Å²) >= 11 is 0. The van der Waals surface area contributed by atoms with Gasteiger partial charge in [-0.05, 0) is 63.2 Å². The van der Waals surface area contributed by atoms with Crippen LogP contribution in [0.25, 0.3) is 0 Å². The number of nitrogens with two attached hydrogens (primary N) is 1. The molecule has 0 radical (unpaired) electrons. The van der Waals surface area contributed by atoms with Crippen LogP contribution in [0.15, 0.2) is 0 Å². The minimum absolute atomic E-state index is 0.383. The summed E-state index contributed by atoms with van der Waals surface area (Å²) in [6.45, 7) is 2.67. The van der Waals surface area contributed by atoms with Gasteiger partial charge in [-0.3, -0.25) is 0 Å². The molecule has 1 heterocycles. The van der Waals surface area contributed by atoms with Crippen molar-refractivity contribution in [2.24, 2.45) is 23.5 Å². The SMILES string of the molecule is Cc1nc(C23CC4CC(CC(C4)C2)C3)c(CN)[nH]1. The van der Waals surface area contributed by atoms with Crippen LogP contribution in [0.5, 0.6) is 0 Å². The lowest BCUT2D eigenvalue weighted by Crippen LogP contribution is -2.49. The summed E-state index contributed by atoms with van der Waals surface area (Å²) in [5.41, 5.74) is 8.83. The van der Waals surface area contributed by atoms with Crippen LogP contribution in [0, 0.1) is 24.7 Å². The molecule has 0 atom stereocenters. The number of hydrogen-bond acceptors (Lipinski definition) is 2. The molecular formula is C15H23N3. The molecule has 0 aromatic carbocycles. The summed E-state index contributed by atoms with van der Waals surface area (Å²) in [5.74, 6) is 3.96. The number of aromatic amines is 1. The molecule has 5 rings (SSSR count). The van der Waals surface area contributed by atoms with Crippen LogP contribution in [0.2, 0.25) is 0 Å². The molecule has 4 saturated carbocycles. The highest BCUT2D eigenvalue weighted by Crippen LogP contribution is 2.60. The molecule has 18 heavy (non-hydrogen) atoms. The summed E-state index contributed by atoms with van der Waals surface area (Å²) in [7, 11) is 0. The molecule has 4 bridgehead atoms. The van der Waals surface area contributed by atoms with Gasteiger partial charge in [-0.15, -0.1) is 0 Å². The Balaban J connectivity index is 1.78. The van der Waals surface area contributed by atoms with Gasteiger partial charge in [-0.1, -0.05) is 0 Å². The highest BCUT2D eigenvalue weighted by atomic mass is 15.0. The summed E-state index contributed by atoms with van der Waals surface area (Å²) < 4.78 is 0. The quantitative estimate of drug-likeness (QED) is 0.841. The van der Waals surface area contributed by atoms with Crippen LogP contribution in [-0.4, -0.2) is 9.97 Å². The van der Waals surface area contributed by atoms with Gasteiger partial charge < -0.3 is 10.7 Å². The fourth-order valence-electron chi connectivity index (χ4n) is 5.53. The maximum atomic E-state index is 5.91. The van der Waals surface area contributed by atoms with Crippen molar-refractivity contribution >= 4 is 0 Å². The normalized spacial score (nSPS) is 41.6. The van der Waals surface area contributed by atoms with Crippen LogP contribution in [0.1, 0.15) is 55.7 Å². The molecule has 98 valence electrons. The molecule has 3 nitrogen and oxygen atoms in total. The van der Waals surface area contributed by atoms with E-state index < -0.39 is 0 Å². The van der Waals surface area contributed by atoms with E-state index in [4.69, 9.17) is 10.7 Å². The van der Waals surface area contributed by atoms with Crippen molar-refractivity contribution in [2.45, 2.75) is 57.4 Å². The molecule has 0 saturated heterocycles. The third kappa shape index (κ3) is 1.43. The van der Waals surface area contributed by atoms with Crippen molar-refractivity contribution < 1.29 is 0 Å². The van der Waals surface area contributed by atoms with Gasteiger partial charge in [0.25, 0.3) is 0 Å². The summed E-state index contributed by atoms with van der Waals surface area (Å²) in [5, 5.41) is 0. The largest absolute Gasteiger partial charge is 0.345 e. The maximum Gasteiger partial charge on any atom is 0.103 e. The zero-order valence-electron chi connectivity index (χ0n) is 11.2. The fourth-order valence-corrected chi connectivity index (χ4v) is 5.53. The minimum Gasteiger partial charge on any atom is -0.345 e. The fraction of sp³-hybridized carbons (Fsp3) is 0.800. The topological polar surface area (TPSA) is 54.7 Å². The lowest BCUT2D eigenvalue weighted by Gasteiger charge is -2.56. The smallest absolute Gasteiger partial charge is 0.103 e. The maximum absolute atomic E-state index is 5.91. The Morgan fingerprint density at radius 2 is 1.72 bits per heavy atom. The first-order chi connectivity index (χ1) is 8.68. The number of imidazole rings is 1. The second-order valence-corrected chi connectivity index (χ2v) is 7.05. The van der Waals surface area contributed by atoms with Crippen molar-refractivity contribution in [3.63, 3.8) is 0 Å². The summed E-state index contributed by atoms with van der Waals surface area (Å²) in [4.78, 5) is 8.22. The van der Waals surface area contributed by atoms with Gasteiger partial charge >= 0.3 is 0 Å². The van der Waals surface area contributed by atoms with Crippen molar-refractivity contribution in [3.05, 3.63) is 17.2 Å². The van der Waals surface area contributed by atoms with Crippen LogP contribution < -0.4 is 5.73 Å². The third-order valence-corrected chi connectivity index (χ3v) is 5.64. The van der Waals surface area contributed by atoms with E-state index in [9.17, 15) is 0 Å². The van der Waals surface area contributed by atoms with Crippen molar-refractivity contribution in [1.29, 1.82) is 0 Å². The Morgan fingerprint density at radius 1 is 1.17 bits per heavy atom. The molecule has 4 aliphatic rings. The van der Waals surface area contributed by atoms with E-state index in [1.807, 2.05) is 0 Å². The number of nitrogens with zero attached hydrogens (tertiary/aromatic N) is 1. The lowest BCUT2D eigenvalue weighted by atomic mass is 9.48. The van der Waals surface area contributed by atoms with Gasteiger partial charge in [0.15, 0.2) is 0 Å². The van der Waals surface area contributed by atoms with Crippen molar-refractivity contribution in [2.75, 3.05) is 0 Å². The predicted molar refractivity (Wildman–Crippen MR) is 71.1 cm³/mol. The second kappa shape index (κ2) is 3.60. The predicted octanol–water partition coefficient (Wildman–Crippen LogP) is 2.64. The lowest BCUT2D eigenvalue weighted by molar-refractivity contribution is -0.00746. The average Bonchev–Trinajstić information content (AvgIpc) is 2.69. The molecular weight excluding hydrogens is 222 g/mol. The van der Waals surface area contributed by atoms with E-state index in [2.05, 4.69) is 11.9 Å². The highest BCUT2D eigenvalue weighted by Gasteiger charge is 2.53. The van der Waals surface area contributed by atoms with E-state index in [1.54, 1.807) is 0 Å². The Hall–Kier alpha value is -0.830. The average molecular weight is 245 g/mol. The first-order valence-corrected chi connectivity index (χ1v) is 7.44. The standard InChI is InChI=1S/C15H23N3/c1-9-17-13(8-16)14(18-9)15-5-10-2-11(6-15)4-12(3-10)7-15/h10-12H,2-8,16H2,1H3,(H,17,18). The summed E-state index contributed by atoms with van der Waals surface area (Å²) in [6, 6.07) is 0. The second-order valence-electron chi connectivity index (χ2n) is 7.05. The molecule has 0 unspecified atom stereocenters. The highest BCUT2D eigenvalue weighted by molar-refractivity contribution is 5.28. The van der Waals surface area contributed by atoms with E-state index >= 15 is 0 Å². The molecule has 4 aliphatic carbocycles. The number of hydrogen-bond donors (Lipinski definition) is 2. The Bertz CT molecular complexity index is 439. The van der Waals surface area contributed by atoms with Gasteiger partial charge in [-0.2, -0.15) is 0 Å². The number of H-pyrrole nitrogens is 1. The zero-order valence-corrected chi connectivity index (χ0v) is 11.2. The molecule has 3 N–H and O–H groups in total. The molecule has 0 aliphatic heterocycles. The van der Waals surface area contributed by atoms with Crippen LogP contribution >= 0.6 is 0 Å². The van der Waals surface area contributed by atoms with E-state index in [0.29, 0.717) is 12.0 Å². The number of rotatable bonds is 2. The monoisotopic (exact) mass is 245 g/mol. The van der Waals surface area contributed by atoms with Crippen LogP contribution in [0.3, 0.4) is 0 Å². The van der Waals surface area contributed by atoms with Crippen molar-refractivity contribution in [1.82, 2.24) is 9.97 Å². The molecule has 0 spiro atoms. The van der Waals surface area contributed by atoms with Gasteiger partial charge in [0.05, 0.1) is 11.4 Å². The van der Waals surface area contributed by atoms with E-state index in [-0.39, 0.29) is 0 Å². The molecule has 1 aromatic rings. The van der Waals surface area contributed by atoms with Crippen LogP contribution in [0.4, 0.5) is 0 Å². The Morgan fingerprint density at radius 3 is 2.22 bits per heavy atom. The van der Waals surface area contributed by atoms with Crippen LogP contribution in [-0.2, 0) is 12.0 Å². The Labute approximate surface area is 109 Å². The van der Waals surface area contributed by atoms with Crippen molar-refractivity contribution in [3.8, 4) is 0 Å². The van der Waals surface area contributed by atoms with Gasteiger partial charge in [0.2, 0.25) is 0 Å². The van der Waals surface area contributed by atoms with Gasteiger partial charge in [0.1, 0.15) is 5.82 Å². The number of aryl methyl sites for hydroxylation is 1. The van der Waals surface area contributed by atoms with Gasteiger partial charge in [-0.25, -0.2) is 4.98 Å². The third-order valence-electron chi connectivity index (χ3n) is 5.64. The minimum atomic E-state index is 0.383. The number of nitrogens with one attached hydrogen (secondary N) is 1.